The molecule has 0 heterocycles. The highest BCUT2D eigenvalue weighted by Gasteiger charge is 2.12. The first-order chi connectivity index (χ1) is 14.5. The lowest BCUT2D eigenvalue weighted by atomic mass is 10.1. The third-order valence-corrected chi connectivity index (χ3v) is 4.80. The van der Waals surface area contributed by atoms with Crippen molar-refractivity contribution in [3.05, 3.63) is 63.8 Å². The zero-order valence-electron chi connectivity index (χ0n) is 16.8. The van der Waals surface area contributed by atoms with E-state index < -0.39 is 5.91 Å². The van der Waals surface area contributed by atoms with E-state index in [1.165, 1.54) is 6.20 Å². The number of hydrogen-bond acceptors (Lipinski definition) is 5. The van der Waals surface area contributed by atoms with Gasteiger partial charge in [0.15, 0.2) is 11.5 Å². The first-order valence-corrected chi connectivity index (χ1v) is 10.2. The van der Waals surface area contributed by atoms with Crippen molar-refractivity contribution in [3.63, 3.8) is 0 Å². The van der Waals surface area contributed by atoms with Crippen LogP contribution in [0.5, 0.6) is 11.5 Å². The third-order valence-electron chi connectivity index (χ3n) is 3.98. The molecule has 2 aromatic carbocycles. The molecule has 2 aromatic rings. The fourth-order valence-electron chi connectivity index (χ4n) is 2.58. The number of halogens is 2. The Morgan fingerprint density at radius 3 is 2.57 bits per heavy atom. The van der Waals surface area contributed by atoms with Gasteiger partial charge in [0.2, 0.25) is 0 Å². The molecule has 0 aromatic heterocycles. The molecular weight excluding hydrogens is 425 g/mol. The number of anilines is 1. The molecule has 0 unspecified atom stereocenters. The van der Waals surface area contributed by atoms with Crippen molar-refractivity contribution in [2.45, 2.75) is 20.3 Å². The van der Waals surface area contributed by atoms with Gasteiger partial charge in [-0.15, -0.1) is 0 Å². The minimum absolute atomic E-state index is 0.0762. The van der Waals surface area contributed by atoms with Gasteiger partial charge in [-0.1, -0.05) is 35.3 Å². The van der Waals surface area contributed by atoms with Gasteiger partial charge in [0, 0.05) is 12.7 Å². The van der Waals surface area contributed by atoms with Crippen LogP contribution in [0.4, 0.5) is 5.69 Å². The summed E-state index contributed by atoms with van der Waals surface area (Å²) in [6.07, 6.45) is 2.05. The van der Waals surface area contributed by atoms with E-state index in [-0.39, 0.29) is 10.6 Å². The van der Waals surface area contributed by atoms with E-state index in [0.717, 1.165) is 5.56 Å². The quantitative estimate of drug-likeness (QED) is 0.305. The van der Waals surface area contributed by atoms with E-state index in [1.54, 1.807) is 18.2 Å². The maximum absolute atomic E-state index is 12.3. The lowest BCUT2D eigenvalue weighted by Gasteiger charge is -2.12. The van der Waals surface area contributed by atoms with Crippen molar-refractivity contribution in [2.75, 3.05) is 25.1 Å². The van der Waals surface area contributed by atoms with Crippen LogP contribution >= 0.6 is 23.2 Å². The number of rotatable bonds is 10. The summed E-state index contributed by atoms with van der Waals surface area (Å²) in [5.41, 5.74) is 1.30. The Morgan fingerprint density at radius 2 is 1.87 bits per heavy atom. The summed E-state index contributed by atoms with van der Waals surface area (Å²) in [5.74, 6) is 0.829. The number of carbonyl (C=O) groups excluding carboxylic acids is 1. The number of ether oxygens (including phenoxy) is 2. The van der Waals surface area contributed by atoms with Gasteiger partial charge in [-0.05, 0) is 50.1 Å². The topological polar surface area (TPSA) is 83.4 Å². The van der Waals surface area contributed by atoms with Crippen LogP contribution in [-0.2, 0) is 11.2 Å². The monoisotopic (exact) mass is 447 g/mol. The maximum atomic E-state index is 12.3. The van der Waals surface area contributed by atoms with Crippen molar-refractivity contribution >= 4 is 34.8 Å². The fraction of sp³-hybridized carbons (Fsp3) is 0.273. The smallest absolute Gasteiger partial charge is 0.267 e. The Balaban J connectivity index is 1.96. The number of benzene rings is 2. The van der Waals surface area contributed by atoms with Crippen LogP contribution in [-0.4, -0.2) is 25.7 Å². The summed E-state index contributed by atoms with van der Waals surface area (Å²) < 4.78 is 11.2. The zero-order valence-corrected chi connectivity index (χ0v) is 18.3. The van der Waals surface area contributed by atoms with E-state index in [4.69, 9.17) is 32.7 Å². The normalized spacial score (nSPS) is 10.8. The molecule has 0 aliphatic carbocycles. The number of nitrogens with one attached hydrogen (secondary N) is 2. The van der Waals surface area contributed by atoms with Crippen molar-refractivity contribution in [1.29, 1.82) is 5.26 Å². The van der Waals surface area contributed by atoms with Crippen LogP contribution in [0.1, 0.15) is 19.4 Å². The number of nitriles is 1. The Morgan fingerprint density at radius 1 is 1.13 bits per heavy atom. The van der Waals surface area contributed by atoms with Gasteiger partial charge in [0.05, 0.1) is 28.9 Å². The Hall–Kier alpha value is -2.88. The fourth-order valence-corrected chi connectivity index (χ4v) is 2.93. The van der Waals surface area contributed by atoms with E-state index >= 15 is 0 Å². The minimum Gasteiger partial charge on any atom is -0.490 e. The second kappa shape index (κ2) is 12.0. The predicted molar refractivity (Wildman–Crippen MR) is 119 cm³/mol. The lowest BCUT2D eigenvalue weighted by molar-refractivity contribution is -0.112. The summed E-state index contributed by atoms with van der Waals surface area (Å²) in [6.45, 7) is 5.46. The van der Waals surface area contributed by atoms with Crippen molar-refractivity contribution in [3.8, 4) is 17.6 Å². The Labute approximate surface area is 186 Å². The molecule has 0 spiro atoms. The molecule has 0 aliphatic rings. The number of hydrogen-bond donors (Lipinski definition) is 2. The molecule has 0 fully saturated rings. The number of amides is 1. The molecule has 0 saturated carbocycles. The maximum Gasteiger partial charge on any atom is 0.267 e. The van der Waals surface area contributed by atoms with E-state index in [1.807, 2.05) is 38.1 Å². The first-order valence-electron chi connectivity index (χ1n) is 9.47. The van der Waals surface area contributed by atoms with Gasteiger partial charge in [0.25, 0.3) is 5.91 Å². The molecule has 1 amide bonds. The van der Waals surface area contributed by atoms with Crippen LogP contribution in [0, 0.1) is 11.3 Å². The third kappa shape index (κ3) is 6.58. The van der Waals surface area contributed by atoms with Gasteiger partial charge in [0.1, 0.15) is 11.6 Å². The summed E-state index contributed by atoms with van der Waals surface area (Å²) in [6, 6.07) is 12.5. The SMILES string of the molecule is CCOc1ccc(CCN/C=C(/C#N)C(=O)Nc2cccc(Cl)c2Cl)cc1OCC. The summed E-state index contributed by atoms with van der Waals surface area (Å²) in [7, 11) is 0. The van der Waals surface area contributed by atoms with Crippen molar-refractivity contribution in [2.24, 2.45) is 0 Å². The van der Waals surface area contributed by atoms with Crippen LogP contribution < -0.4 is 20.1 Å². The van der Waals surface area contributed by atoms with E-state index in [2.05, 4.69) is 10.6 Å². The minimum atomic E-state index is -0.575. The number of carbonyl (C=O) groups is 1. The predicted octanol–water partition coefficient (Wildman–Crippen LogP) is 4.97. The van der Waals surface area contributed by atoms with Crippen molar-refractivity contribution in [1.82, 2.24) is 5.32 Å². The molecule has 0 saturated heterocycles. The molecule has 6 nitrogen and oxygen atoms in total. The molecule has 2 N–H and O–H groups in total. The average Bonchev–Trinajstić information content (AvgIpc) is 2.73. The molecule has 0 aliphatic heterocycles. The summed E-state index contributed by atoms with van der Waals surface area (Å²) >= 11 is 12.0. The second-order valence-corrected chi connectivity index (χ2v) is 6.86. The van der Waals surface area contributed by atoms with Gasteiger partial charge in [-0.3, -0.25) is 4.79 Å². The van der Waals surface area contributed by atoms with E-state index in [9.17, 15) is 10.1 Å². The molecule has 30 heavy (non-hydrogen) atoms. The largest absolute Gasteiger partial charge is 0.490 e. The number of nitrogens with zero attached hydrogens (tertiary/aromatic N) is 1. The van der Waals surface area contributed by atoms with Gasteiger partial charge in [-0.2, -0.15) is 5.26 Å². The second-order valence-electron chi connectivity index (χ2n) is 6.08. The lowest BCUT2D eigenvalue weighted by Crippen LogP contribution is -2.18. The Bertz CT molecular complexity index is 955. The molecule has 0 radical (unpaired) electrons. The van der Waals surface area contributed by atoms with Gasteiger partial charge in [-0.25, -0.2) is 0 Å². The zero-order chi connectivity index (χ0) is 21.9. The highest BCUT2D eigenvalue weighted by Crippen LogP contribution is 2.30. The average molecular weight is 448 g/mol. The van der Waals surface area contributed by atoms with Gasteiger partial charge >= 0.3 is 0 Å². The molecule has 0 bridgehead atoms. The van der Waals surface area contributed by atoms with Crippen LogP contribution in [0.3, 0.4) is 0 Å². The molecule has 2 rings (SSSR count). The molecule has 158 valence electrons. The van der Waals surface area contributed by atoms with Crippen LogP contribution in [0.15, 0.2) is 48.2 Å². The molecular formula is C22H23Cl2N3O3. The van der Waals surface area contributed by atoms with Crippen LogP contribution in [0.25, 0.3) is 0 Å². The van der Waals surface area contributed by atoms with Crippen LogP contribution in [0.2, 0.25) is 10.0 Å². The molecule has 8 heteroatoms. The van der Waals surface area contributed by atoms with E-state index in [0.29, 0.717) is 48.4 Å². The summed E-state index contributed by atoms with van der Waals surface area (Å²) in [4.78, 5) is 12.3. The Kier molecular flexibility index (Phi) is 9.33. The van der Waals surface area contributed by atoms with Crippen molar-refractivity contribution < 1.29 is 14.3 Å². The first kappa shape index (κ1) is 23.4. The summed E-state index contributed by atoms with van der Waals surface area (Å²) in [5, 5.41) is 15.4. The highest BCUT2D eigenvalue weighted by atomic mass is 35.5. The van der Waals surface area contributed by atoms with Gasteiger partial charge < -0.3 is 20.1 Å². The highest BCUT2D eigenvalue weighted by molar-refractivity contribution is 6.44. The molecule has 0 atom stereocenters. The standard InChI is InChI=1S/C22H23Cl2N3O3/c1-3-29-19-9-8-15(12-20(19)30-4-2)10-11-26-14-16(13-25)22(28)27-18-7-5-6-17(23)21(18)24/h5-9,12,14,26H,3-4,10-11H2,1-2H3,(H,27,28)/b16-14-.